The number of hydrogen-bond acceptors (Lipinski definition) is 4. The zero-order valence-electron chi connectivity index (χ0n) is 14.0. The van der Waals surface area contributed by atoms with Gasteiger partial charge in [0.05, 0.1) is 5.56 Å². The number of halogens is 1. The molecule has 2 aromatic carbocycles. The molecule has 1 saturated heterocycles. The molecule has 4 nitrogen and oxygen atoms in total. The van der Waals surface area contributed by atoms with Gasteiger partial charge in [-0.25, -0.2) is 4.79 Å². The zero-order valence-corrected chi connectivity index (χ0v) is 15.6. The maximum absolute atomic E-state index is 12.3. The fourth-order valence-electron chi connectivity index (χ4n) is 2.84. The summed E-state index contributed by atoms with van der Waals surface area (Å²) in [5.41, 5.74) is 2.61. The highest BCUT2D eigenvalue weighted by Gasteiger charge is 2.14. The number of esters is 1. The summed E-state index contributed by atoms with van der Waals surface area (Å²) in [7, 11) is 0. The van der Waals surface area contributed by atoms with E-state index in [-0.39, 0.29) is 12.6 Å². The van der Waals surface area contributed by atoms with Crippen LogP contribution in [0.3, 0.4) is 0 Å². The molecule has 1 fully saturated rings. The lowest BCUT2D eigenvalue weighted by atomic mass is 10.1. The van der Waals surface area contributed by atoms with Crippen LogP contribution in [-0.2, 0) is 22.6 Å². The van der Waals surface area contributed by atoms with E-state index in [4.69, 9.17) is 9.47 Å². The van der Waals surface area contributed by atoms with E-state index in [2.05, 4.69) is 21.2 Å². The first kappa shape index (κ1) is 18.1. The van der Waals surface area contributed by atoms with Crippen LogP contribution in [0.4, 0.5) is 0 Å². The number of ether oxygens (including phenoxy) is 2. The van der Waals surface area contributed by atoms with E-state index in [1.54, 1.807) is 6.07 Å². The van der Waals surface area contributed by atoms with E-state index in [0.717, 1.165) is 48.2 Å². The quantitative estimate of drug-likeness (QED) is 0.738. The topological polar surface area (TPSA) is 47.6 Å². The molecular weight excluding hydrogens is 382 g/mol. The fourth-order valence-corrected chi connectivity index (χ4v) is 3.38. The van der Waals surface area contributed by atoms with Gasteiger partial charge in [-0.2, -0.15) is 0 Å². The van der Waals surface area contributed by atoms with Crippen molar-refractivity contribution in [1.29, 1.82) is 0 Å². The minimum Gasteiger partial charge on any atom is -0.457 e. The first-order valence-electron chi connectivity index (χ1n) is 8.52. The molecule has 0 amide bonds. The zero-order chi connectivity index (χ0) is 17.5. The average molecular weight is 404 g/mol. The largest absolute Gasteiger partial charge is 0.457 e. The number of rotatable bonds is 6. The van der Waals surface area contributed by atoms with E-state index in [1.165, 1.54) is 0 Å². The van der Waals surface area contributed by atoms with Gasteiger partial charge >= 0.3 is 5.97 Å². The van der Waals surface area contributed by atoms with Gasteiger partial charge in [-0.1, -0.05) is 46.3 Å². The van der Waals surface area contributed by atoms with Crippen LogP contribution in [0.15, 0.2) is 53.0 Å². The maximum Gasteiger partial charge on any atom is 0.338 e. The van der Waals surface area contributed by atoms with Crippen molar-refractivity contribution >= 4 is 21.9 Å². The van der Waals surface area contributed by atoms with Gasteiger partial charge in [0.1, 0.15) is 6.61 Å². The van der Waals surface area contributed by atoms with Crippen LogP contribution in [0.1, 0.15) is 34.3 Å². The highest BCUT2D eigenvalue weighted by atomic mass is 79.9. The van der Waals surface area contributed by atoms with Crippen molar-refractivity contribution in [3.8, 4) is 0 Å². The van der Waals surface area contributed by atoms with Gasteiger partial charge in [0.2, 0.25) is 0 Å². The molecule has 1 heterocycles. The van der Waals surface area contributed by atoms with E-state index >= 15 is 0 Å². The van der Waals surface area contributed by atoms with Crippen LogP contribution in [-0.4, -0.2) is 25.2 Å². The van der Waals surface area contributed by atoms with E-state index in [1.807, 2.05) is 42.5 Å². The van der Waals surface area contributed by atoms with Crippen molar-refractivity contribution < 1.29 is 14.3 Å². The summed E-state index contributed by atoms with van der Waals surface area (Å²) in [6, 6.07) is 15.9. The molecule has 25 heavy (non-hydrogen) atoms. The van der Waals surface area contributed by atoms with Gasteiger partial charge in [-0.05, 0) is 42.2 Å². The molecule has 0 unspecified atom stereocenters. The van der Waals surface area contributed by atoms with Crippen molar-refractivity contribution in [2.45, 2.75) is 32.0 Å². The Hall–Kier alpha value is -1.69. The fraction of sp³-hybridized carbons (Fsp3) is 0.350. The second-order valence-corrected chi connectivity index (χ2v) is 7.09. The molecule has 0 atom stereocenters. The SMILES string of the molecule is O=C(OCc1ccccc1)c1cc(Br)cc(CNC2CCOCC2)c1. The van der Waals surface area contributed by atoms with E-state index < -0.39 is 0 Å². The Morgan fingerprint density at radius 2 is 1.88 bits per heavy atom. The molecule has 0 spiro atoms. The van der Waals surface area contributed by atoms with Crippen molar-refractivity contribution in [2.24, 2.45) is 0 Å². The van der Waals surface area contributed by atoms with Crippen LogP contribution >= 0.6 is 15.9 Å². The van der Waals surface area contributed by atoms with Crippen LogP contribution in [0.25, 0.3) is 0 Å². The normalized spacial score (nSPS) is 15.1. The highest BCUT2D eigenvalue weighted by molar-refractivity contribution is 9.10. The third kappa shape index (κ3) is 5.66. The van der Waals surface area contributed by atoms with Crippen molar-refractivity contribution in [2.75, 3.05) is 13.2 Å². The molecule has 0 radical (unpaired) electrons. The van der Waals surface area contributed by atoms with Crippen LogP contribution in [0, 0.1) is 0 Å². The summed E-state index contributed by atoms with van der Waals surface area (Å²) in [5, 5.41) is 3.54. The molecule has 132 valence electrons. The Morgan fingerprint density at radius 3 is 2.64 bits per heavy atom. The number of carbonyl (C=O) groups excluding carboxylic acids is 1. The number of benzene rings is 2. The monoisotopic (exact) mass is 403 g/mol. The second-order valence-electron chi connectivity index (χ2n) is 6.18. The number of hydrogen-bond donors (Lipinski definition) is 1. The molecule has 1 N–H and O–H groups in total. The lowest BCUT2D eigenvalue weighted by molar-refractivity contribution is 0.0472. The molecule has 1 aliphatic heterocycles. The minimum atomic E-state index is -0.308. The van der Waals surface area contributed by atoms with Gasteiger partial charge in [0.15, 0.2) is 0 Å². The van der Waals surface area contributed by atoms with Crippen LogP contribution < -0.4 is 5.32 Å². The molecular formula is C20H22BrNO3. The van der Waals surface area contributed by atoms with Crippen LogP contribution in [0.5, 0.6) is 0 Å². The smallest absolute Gasteiger partial charge is 0.338 e. The summed E-state index contributed by atoms with van der Waals surface area (Å²) in [6.07, 6.45) is 2.06. The van der Waals surface area contributed by atoms with Gasteiger partial charge in [0.25, 0.3) is 0 Å². The van der Waals surface area contributed by atoms with Gasteiger partial charge in [-0.3, -0.25) is 0 Å². The molecule has 0 aliphatic carbocycles. The molecule has 0 saturated carbocycles. The molecule has 3 rings (SSSR count). The van der Waals surface area contributed by atoms with E-state index in [9.17, 15) is 4.79 Å². The van der Waals surface area contributed by atoms with Gasteiger partial charge in [0, 0.05) is 30.3 Å². The Morgan fingerprint density at radius 1 is 1.12 bits per heavy atom. The third-order valence-electron chi connectivity index (χ3n) is 4.22. The van der Waals surface area contributed by atoms with Gasteiger partial charge in [-0.15, -0.1) is 0 Å². The predicted molar refractivity (Wildman–Crippen MR) is 100 cm³/mol. The van der Waals surface area contributed by atoms with Crippen LogP contribution in [0.2, 0.25) is 0 Å². The van der Waals surface area contributed by atoms with E-state index in [0.29, 0.717) is 11.6 Å². The average Bonchev–Trinajstić information content (AvgIpc) is 2.66. The first-order chi connectivity index (χ1) is 12.2. The highest BCUT2D eigenvalue weighted by Crippen LogP contribution is 2.18. The number of carbonyl (C=O) groups is 1. The van der Waals surface area contributed by atoms with Crippen molar-refractivity contribution in [3.63, 3.8) is 0 Å². The lowest BCUT2D eigenvalue weighted by Crippen LogP contribution is -2.34. The summed E-state index contributed by atoms with van der Waals surface area (Å²) < 4.78 is 11.7. The predicted octanol–water partition coefficient (Wildman–Crippen LogP) is 4.07. The summed E-state index contributed by atoms with van der Waals surface area (Å²) >= 11 is 3.49. The molecule has 2 aromatic rings. The summed E-state index contributed by atoms with van der Waals surface area (Å²) in [5.74, 6) is -0.308. The Kier molecular flexibility index (Phi) is 6.62. The lowest BCUT2D eigenvalue weighted by Gasteiger charge is -2.23. The maximum atomic E-state index is 12.3. The second kappa shape index (κ2) is 9.13. The minimum absolute atomic E-state index is 0.280. The number of nitrogens with one attached hydrogen (secondary N) is 1. The third-order valence-corrected chi connectivity index (χ3v) is 4.68. The standard InChI is InChI=1S/C20H22BrNO3/c21-18-11-16(13-22-19-6-8-24-9-7-19)10-17(12-18)20(23)25-14-15-4-2-1-3-5-15/h1-5,10-12,19,22H,6-9,13-14H2. The summed E-state index contributed by atoms with van der Waals surface area (Å²) in [6.45, 7) is 2.63. The van der Waals surface area contributed by atoms with Crippen molar-refractivity contribution in [3.05, 3.63) is 69.7 Å². The molecule has 5 heteroatoms. The molecule has 0 aromatic heterocycles. The van der Waals surface area contributed by atoms with Gasteiger partial charge < -0.3 is 14.8 Å². The Labute approximate surface area is 156 Å². The van der Waals surface area contributed by atoms with Crippen molar-refractivity contribution in [1.82, 2.24) is 5.32 Å². The Balaban J connectivity index is 1.59. The Bertz CT molecular complexity index is 699. The first-order valence-corrected chi connectivity index (χ1v) is 9.31. The summed E-state index contributed by atoms with van der Waals surface area (Å²) in [4.78, 5) is 12.3. The molecule has 1 aliphatic rings. The molecule has 0 bridgehead atoms.